The lowest BCUT2D eigenvalue weighted by Gasteiger charge is -2.22. The van der Waals surface area contributed by atoms with Gasteiger partial charge < -0.3 is 4.98 Å². The van der Waals surface area contributed by atoms with Crippen LogP contribution in [0.15, 0.2) is 34.8 Å². The number of aromatic amines is 1. The van der Waals surface area contributed by atoms with E-state index in [9.17, 15) is 4.79 Å². The SMILES string of the molecule is Cc1cc(C(C)(C)C)cc(C)c1-c1[nH]c(C=O)c2ccc(Br)cc12. The van der Waals surface area contributed by atoms with Crippen molar-refractivity contribution < 1.29 is 4.79 Å². The molecule has 0 aliphatic heterocycles. The maximum atomic E-state index is 11.5. The number of rotatable bonds is 2. The Morgan fingerprint density at radius 3 is 2.17 bits per heavy atom. The summed E-state index contributed by atoms with van der Waals surface area (Å²) in [5.74, 6) is 0. The van der Waals surface area contributed by atoms with Crippen molar-refractivity contribution in [2.45, 2.75) is 40.0 Å². The van der Waals surface area contributed by atoms with Gasteiger partial charge in [0.05, 0.1) is 11.4 Å². The molecule has 2 aromatic carbocycles. The van der Waals surface area contributed by atoms with Crippen molar-refractivity contribution in [3.63, 3.8) is 0 Å². The number of fused-ring (bicyclic) bond motifs is 1. The highest BCUT2D eigenvalue weighted by Gasteiger charge is 2.19. The topological polar surface area (TPSA) is 32.9 Å². The maximum Gasteiger partial charge on any atom is 0.166 e. The van der Waals surface area contributed by atoms with Crippen molar-refractivity contribution in [2.24, 2.45) is 0 Å². The Morgan fingerprint density at radius 1 is 1.00 bits per heavy atom. The van der Waals surface area contributed by atoms with E-state index < -0.39 is 0 Å². The quantitative estimate of drug-likeness (QED) is 0.515. The van der Waals surface area contributed by atoms with Gasteiger partial charge in [0.15, 0.2) is 6.29 Å². The van der Waals surface area contributed by atoms with Crippen LogP contribution < -0.4 is 0 Å². The van der Waals surface area contributed by atoms with Gasteiger partial charge in [-0.2, -0.15) is 0 Å². The molecule has 3 aromatic rings. The van der Waals surface area contributed by atoms with Crippen LogP contribution in [0.5, 0.6) is 0 Å². The fourth-order valence-corrected chi connectivity index (χ4v) is 3.67. The average Bonchev–Trinajstić information content (AvgIpc) is 2.83. The van der Waals surface area contributed by atoms with Crippen molar-refractivity contribution in [3.05, 3.63) is 57.2 Å². The van der Waals surface area contributed by atoms with Crippen molar-refractivity contribution in [2.75, 3.05) is 0 Å². The van der Waals surface area contributed by atoms with Gasteiger partial charge in [-0.1, -0.05) is 54.9 Å². The predicted molar refractivity (Wildman–Crippen MR) is 105 cm³/mol. The molecular formula is C21H22BrNO. The molecule has 0 atom stereocenters. The summed E-state index contributed by atoms with van der Waals surface area (Å²) in [7, 11) is 0. The predicted octanol–water partition coefficient (Wildman–Crippen LogP) is 6.32. The third-order valence-corrected chi connectivity index (χ3v) is 5.06. The lowest BCUT2D eigenvalue weighted by molar-refractivity contribution is 0.112. The number of hydrogen-bond acceptors (Lipinski definition) is 1. The molecule has 1 heterocycles. The van der Waals surface area contributed by atoms with Crippen molar-refractivity contribution in [3.8, 4) is 11.3 Å². The third-order valence-electron chi connectivity index (χ3n) is 4.57. The second-order valence-corrected chi connectivity index (χ2v) is 8.37. The van der Waals surface area contributed by atoms with Crippen LogP contribution >= 0.6 is 15.9 Å². The van der Waals surface area contributed by atoms with Gasteiger partial charge in [-0.15, -0.1) is 0 Å². The van der Waals surface area contributed by atoms with E-state index in [4.69, 9.17) is 0 Å². The first kappa shape index (κ1) is 17.0. The molecule has 0 fully saturated rings. The third kappa shape index (κ3) is 2.82. The van der Waals surface area contributed by atoms with Gasteiger partial charge in [-0.25, -0.2) is 0 Å². The van der Waals surface area contributed by atoms with E-state index in [0.717, 1.165) is 27.2 Å². The normalized spacial score (nSPS) is 11.9. The zero-order valence-corrected chi connectivity index (χ0v) is 16.3. The molecule has 3 rings (SSSR count). The summed E-state index contributed by atoms with van der Waals surface area (Å²) in [4.78, 5) is 14.8. The molecule has 0 saturated heterocycles. The van der Waals surface area contributed by atoms with Crippen LogP contribution in [0.1, 0.15) is 48.0 Å². The lowest BCUT2D eigenvalue weighted by atomic mass is 9.83. The molecule has 0 unspecified atom stereocenters. The molecular weight excluding hydrogens is 362 g/mol. The molecule has 1 aromatic heterocycles. The highest BCUT2D eigenvalue weighted by atomic mass is 79.9. The molecule has 2 nitrogen and oxygen atoms in total. The summed E-state index contributed by atoms with van der Waals surface area (Å²) in [6.45, 7) is 11.0. The molecule has 1 N–H and O–H groups in total. The van der Waals surface area contributed by atoms with Crippen LogP contribution in [-0.4, -0.2) is 11.3 Å². The Hall–Kier alpha value is -1.87. The molecule has 24 heavy (non-hydrogen) atoms. The average molecular weight is 384 g/mol. The number of benzene rings is 2. The number of aldehydes is 1. The molecule has 3 heteroatoms. The molecule has 0 radical (unpaired) electrons. The van der Waals surface area contributed by atoms with Gasteiger partial charge in [0.1, 0.15) is 0 Å². The first-order valence-electron chi connectivity index (χ1n) is 8.11. The number of nitrogens with one attached hydrogen (secondary N) is 1. The number of carbonyl (C=O) groups excluding carboxylic acids is 1. The Morgan fingerprint density at radius 2 is 1.62 bits per heavy atom. The molecule has 0 amide bonds. The highest BCUT2D eigenvalue weighted by Crippen LogP contribution is 2.37. The highest BCUT2D eigenvalue weighted by molar-refractivity contribution is 9.10. The zero-order chi connectivity index (χ0) is 17.6. The molecule has 0 saturated carbocycles. The van der Waals surface area contributed by atoms with Gasteiger partial charge in [-0.3, -0.25) is 4.79 Å². The summed E-state index contributed by atoms with van der Waals surface area (Å²) in [5, 5.41) is 2.03. The van der Waals surface area contributed by atoms with Gasteiger partial charge in [0, 0.05) is 20.8 Å². The van der Waals surface area contributed by atoms with Crippen molar-refractivity contribution in [1.29, 1.82) is 0 Å². The van der Waals surface area contributed by atoms with E-state index in [1.807, 2.05) is 12.1 Å². The van der Waals surface area contributed by atoms with Crippen LogP contribution in [-0.2, 0) is 5.41 Å². The largest absolute Gasteiger partial charge is 0.351 e. The van der Waals surface area contributed by atoms with Gasteiger partial charge >= 0.3 is 0 Å². The van der Waals surface area contributed by atoms with Gasteiger partial charge in [-0.05, 0) is 48.1 Å². The smallest absolute Gasteiger partial charge is 0.166 e. The maximum absolute atomic E-state index is 11.5. The second-order valence-electron chi connectivity index (χ2n) is 7.46. The molecule has 0 aliphatic carbocycles. The van der Waals surface area contributed by atoms with E-state index in [1.165, 1.54) is 22.3 Å². The number of H-pyrrole nitrogens is 1. The van der Waals surface area contributed by atoms with Crippen LogP contribution in [0, 0.1) is 13.8 Å². The minimum Gasteiger partial charge on any atom is -0.351 e. The monoisotopic (exact) mass is 383 g/mol. The van der Waals surface area contributed by atoms with Crippen LogP contribution in [0.25, 0.3) is 22.0 Å². The lowest BCUT2D eigenvalue weighted by Crippen LogP contribution is -2.12. The number of hydrogen-bond donors (Lipinski definition) is 1. The van der Waals surface area contributed by atoms with Crippen molar-refractivity contribution >= 4 is 33.0 Å². The van der Waals surface area contributed by atoms with E-state index in [-0.39, 0.29) is 5.41 Å². The molecule has 124 valence electrons. The standard InChI is InChI=1S/C21H22BrNO/c1-12-8-14(21(3,4)5)9-13(2)19(12)20-17-10-15(22)6-7-16(17)18(11-24)23-20/h6-11,23H,1-5H3. The second kappa shape index (κ2) is 5.89. The molecule has 0 spiro atoms. The summed E-state index contributed by atoms with van der Waals surface area (Å²) in [6.07, 6.45) is 0.897. The summed E-state index contributed by atoms with van der Waals surface area (Å²) in [6, 6.07) is 10.5. The van der Waals surface area contributed by atoms with Crippen LogP contribution in [0.4, 0.5) is 0 Å². The molecule has 0 aliphatic rings. The van der Waals surface area contributed by atoms with Crippen LogP contribution in [0.2, 0.25) is 0 Å². The summed E-state index contributed by atoms with van der Waals surface area (Å²) in [5.41, 5.74) is 6.72. The Labute approximate surface area is 151 Å². The van der Waals surface area contributed by atoms with E-state index in [2.05, 4.69) is 73.7 Å². The van der Waals surface area contributed by atoms with Crippen molar-refractivity contribution in [1.82, 2.24) is 4.98 Å². The Kier molecular flexibility index (Phi) is 4.16. The minimum absolute atomic E-state index is 0.114. The summed E-state index contributed by atoms with van der Waals surface area (Å²) < 4.78 is 1.01. The number of halogens is 1. The van der Waals surface area contributed by atoms with E-state index in [0.29, 0.717) is 5.69 Å². The zero-order valence-electron chi connectivity index (χ0n) is 14.8. The molecule has 0 bridgehead atoms. The fraction of sp³-hybridized carbons (Fsp3) is 0.286. The number of aromatic nitrogens is 1. The number of aryl methyl sites for hydroxylation is 2. The van der Waals surface area contributed by atoms with Gasteiger partial charge in [0.25, 0.3) is 0 Å². The minimum atomic E-state index is 0.114. The van der Waals surface area contributed by atoms with E-state index >= 15 is 0 Å². The Balaban J connectivity index is 2.32. The Bertz CT molecular complexity index is 921. The van der Waals surface area contributed by atoms with Crippen LogP contribution in [0.3, 0.4) is 0 Å². The van der Waals surface area contributed by atoms with E-state index in [1.54, 1.807) is 0 Å². The first-order valence-corrected chi connectivity index (χ1v) is 8.90. The fourth-order valence-electron chi connectivity index (χ4n) is 3.31. The first-order chi connectivity index (χ1) is 11.2. The summed E-state index contributed by atoms with van der Waals surface area (Å²) >= 11 is 3.54. The van der Waals surface area contributed by atoms with Gasteiger partial charge in [0.2, 0.25) is 0 Å². The number of carbonyl (C=O) groups is 1.